The second-order valence-electron chi connectivity index (χ2n) is 5.30. The number of aryl methyl sites for hydroxylation is 1. The minimum Gasteiger partial charge on any atom is -0.453 e. The number of H-pyrrole nitrogens is 1. The van der Waals surface area contributed by atoms with Crippen LogP contribution in [0.2, 0.25) is 0 Å². The number of esters is 1. The molecule has 1 N–H and O–H groups in total. The highest BCUT2D eigenvalue weighted by Crippen LogP contribution is 2.19. The molecule has 1 aromatic heterocycles. The van der Waals surface area contributed by atoms with Gasteiger partial charge in [0.15, 0.2) is 12.4 Å². The molecule has 2 rings (SSSR count). The highest BCUT2D eigenvalue weighted by atomic mass is 19.1. The van der Waals surface area contributed by atoms with E-state index < -0.39 is 35.6 Å². The molecular formula is C17H15F2NO4. The number of carbonyl (C=O) groups is 3. The third kappa shape index (κ3) is 3.40. The van der Waals surface area contributed by atoms with Gasteiger partial charge in [-0.25, -0.2) is 13.6 Å². The molecule has 0 aliphatic carbocycles. The van der Waals surface area contributed by atoms with Crippen molar-refractivity contribution in [3.8, 4) is 0 Å². The predicted molar refractivity (Wildman–Crippen MR) is 81.2 cm³/mol. The molecule has 7 heteroatoms. The Morgan fingerprint density at radius 2 is 1.83 bits per heavy atom. The van der Waals surface area contributed by atoms with Crippen LogP contribution in [-0.2, 0) is 4.74 Å². The van der Waals surface area contributed by atoms with Gasteiger partial charge in [0.25, 0.3) is 0 Å². The van der Waals surface area contributed by atoms with Gasteiger partial charge in [-0.15, -0.1) is 0 Å². The molecule has 0 atom stereocenters. The van der Waals surface area contributed by atoms with Crippen LogP contribution in [0.4, 0.5) is 8.78 Å². The molecule has 24 heavy (non-hydrogen) atoms. The number of hydrogen-bond donors (Lipinski definition) is 1. The number of benzene rings is 1. The monoisotopic (exact) mass is 335 g/mol. The number of nitrogens with one attached hydrogen (secondary N) is 1. The van der Waals surface area contributed by atoms with E-state index in [-0.39, 0.29) is 11.5 Å². The lowest BCUT2D eigenvalue weighted by molar-refractivity contribution is 0.0467. The lowest BCUT2D eigenvalue weighted by atomic mass is 10.1. The number of rotatable bonds is 5. The Bertz CT molecular complexity index is 839. The van der Waals surface area contributed by atoms with Gasteiger partial charge in [0, 0.05) is 11.3 Å². The Morgan fingerprint density at radius 1 is 1.17 bits per heavy atom. The van der Waals surface area contributed by atoms with Crippen molar-refractivity contribution in [1.82, 2.24) is 4.98 Å². The fraction of sp³-hybridized carbons (Fsp3) is 0.235. The molecule has 0 bridgehead atoms. The highest BCUT2D eigenvalue weighted by molar-refractivity contribution is 6.02. The number of aromatic nitrogens is 1. The standard InChI is InChI=1S/C17H15F2NO4/c1-8-15(10(3)21)9(2)20-16(8)17(23)24-7-14(22)12-6-11(18)4-5-13(12)19/h4-6,20H,7H2,1-3H3. The summed E-state index contributed by atoms with van der Waals surface area (Å²) in [4.78, 5) is 38.2. The summed E-state index contributed by atoms with van der Waals surface area (Å²) in [5, 5.41) is 0. The van der Waals surface area contributed by atoms with Crippen molar-refractivity contribution in [2.24, 2.45) is 0 Å². The quantitative estimate of drug-likeness (QED) is 0.673. The van der Waals surface area contributed by atoms with E-state index in [0.29, 0.717) is 16.8 Å². The van der Waals surface area contributed by atoms with Crippen molar-refractivity contribution < 1.29 is 27.9 Å². The van der Waals surface area contributed by atoms with Gasteiger partial charge in [-0.3, -0.25) is 9.59 Å². The molecular weight excluding hydrogens is 320 g/mol. The molecule has 126 valence electrons. The average Bonchev–Trinajstić information content (AvgIpc) is 2.81. The number of aromatic amines is 1. The first-order valence-electron chi connectivity index (χ1n) is 7.07. The second-order valence-corrected chi connectivity index (χ2v) is 5.30. The van der Waals surface area contributed by atoms with E-state index >= 15 is 0 Å². The summed E-state index contributed by atoms with van der Waals surface area (Å²) in [6.07, 6.45) is 0. The maximum absolute atomic E-state index is 13.5. The molecule has 0 spiro atoms. The van der Waals surface area contributed by atoms with Crippen LogP contribution in [0.5, 0.6) is 0 Å². The molecule has 0 amide bonds. The van der Waals surface area contributed by atoms with Crippen LogP contribution in [0.15, 0.2) is 18.2 Å². The lowest BCUT2D eigenvalue weighted by Crippen LogP contribution is -2.16. The number of halogens is 2. The first-order valence-corrected chi connectivity index (χ1v) is 7.07. The number of Topliss-reactive ketones (excluding diaryl/α,β-unsaturated/α-hetero) is 2. The summed E-state index contributed by atoms with van der Waals surface area (Å²) in [7, 11) is 0. The van der Waals surface area contributed by atoms with Gasteiger partial charge >= 0.3 is 5.97 Å². The molecule has 5 nitrogen and oxygen atoms in total. The Kier molecular flexibility index (Phi) is 4.92. The summed E-state index contributed by atoms with van der Waals surface area (Å²) in [6, 6.07) is 2.44. The smallest absolute Gasteiger partial charge is 0.355 e. The van der Waals surface area contributed by atoms with Crippen molar-refractivity contribution in [2.45, 2.75) is 20.8 Å². The zero-order valence-electron chi connectivity index (χ0n) is 13.3. The van der Waals surface area contributed by atoms with Gasteiger partial charge in [-0.05, 0) is 44.5 Å². The Balaban J connectivity index is 2.14. The van der Waals surface area contributed by atoms with Gasteiger partial charge in [-0.2, -0.15) is 0 Å². The van der Waals surface area contributed by atoms with Crippen LogP contribution >= 0.6 is 0 Å². The van der Waals surface area contributed by atoms with E-state index in [1.54, 1.807) is 13.8 Å². The molecule has 1 heterocycles. The van der Waals surface area contributed by atoms with E-state index in [2.05, 4.69) is 4.98 Å². The molecule has 2 aromatic rings. The predicted octanol–water partition coefficient (Wildman–Crippen LogP) is 3.15. The summed E-state index contributed by atoms with van der Waals surface area (Å²) in [6.45, 7) is 3.83. The van der Waals surface area contributed by atoms with Gasteiger partial charge in [0.05, 0.1) is 5.56 Å². The summed E-state index contributed by atoms with van der Waals surface area (Å²) in [5.41, 5.74) is 0.852. The average molecular weight is 335 g/mol. The third-order valence-corrected chi connectivity index (χ3v) is 3.56. The number of hydrogen-bond acceptors (Lipinski definition) is 4. The maximum atomic E-state index is 13.5. The molecule has 0 unspecified atom stereocenters. The van der Waals surface area contributed by atoms with Crippen LogP contribution in [0, 0.1) is 25.5 Å². The SMILES string of the molecule is CC(=O)c1c(C)[nH]c(C(=O)OCC(=O)c2cc(F)ccc2F)c1C. The van der Waals surface area contributed by atoms with E-state index in [0.717, 1.165) is 18.2 Å². The Labute approximate surface area is 136 Å². The minimum atomic E-state index is -0.900. The molecule has 0 fully saturated rings. The summed E-state index contributed by atoms with van der Waals surface area (Å²) >= 11 is 0. The number of ether oxygens (including phenoxy) is 1. The van der Waals surface area contributed by atoms with Gasteiger partial charge < -0.3 is 9.72 Å². The van der Waals surface area contributed by atoms with Crippen LogP contribution < -0.4 is 0 Å². The topological polar surface area (TPSA) is 76.2 Å². The first kappa shape index (κ1) is 17.5. The van der Waals surface area contributed by atoms with Gasteiger partial charge in [0.1, 0.15) is 17.3 Å². The highest BCUT2D eigenvalue weighted by Gasteiger charge is 2.22. The Hall–Kier alpha value is -2.83. The van der Waals surface area contributed by atoms with Crippen molar-refractivity contribution in [2.75, 3.05) is 6.61 Å². The van der Waals surface area contributed by atoms with E-state index in [1.807, 2.05) is 0 Å². The van der Waals surface area contributed by atoms with E-state index in [4.69, 9.17) is 4.74 Å². The number of carbonyl (C=O) groups excluding carboxylic acids is 3. The largest absolute Gasteiger partial charge is 0.453 e. The van der Waals surface area contributed by atoms with Crippen LogP contribution in [0.3, 0.4) is 0 Å². The van der Waals surface area contributed by atoms with Gasteiger partial charge in [0.2, 0.25) is 5.78 Å². The first-order chi connectivity index (χ1) is 11.2. The molecule has 0 radical (unpaired) electrons. The van der Waals surface area contributed by atoms with Crippen molar-refractivity contribution in [3.63, 3.8) is 0 Å². The summed E-state index contributed by atoms with van der Waals surface area (Å²) < 4.78 is 31.4. The second kappa shape index (κ2) is 6.74. The third-order valence-electron chi connectivity index (χ3n) is 3.56. The summed E-state index contributed by atoms with van der Waals surface area (Å²) in [5.74, 6) is -3.60. The minimum absolute atomic E-state index is 0.0465. The fourth-order valence-electron chi connectivity index (χ4n) is 2.47. The number of ketones is 2. The van der Waals surface area contributed by atoms with Crippen LogP contribution in [-0.4, -0.2) is 29.1 Å². The zero-order chi connectivity index (χ0) is 18.0. The molecule has 1 aromatic carbocycles. The lowest BCUT2D eigenvalue weighted by Gasteiger charge is -2.05. The maximum Gasteiger partial charge on any atom is 0.355 e. The van der Waals surface area contributed by atoms with Gasteiger partial charge in [-0.1, -0.05) is 0 Å². The molecule has 0 saturated carbocycles. The van der Waals surface area contributed by atoms with Crippen molar-refractivity contribution >= 4 is 17.5 Å². The molecule has 0 saturated heterocycles. The van der Waals surface area contributed by atoms with Crippen LogP contribution in [0.1, 0.15) is 49.4 Å². The van der Waals surface area contributed by atoms with E-state index in [1.165, 1.54) is 6.92 Å². The normalized spacial score (nSPS) is 10.5. The zero-order valence-corrected chi connectivity index (χ0v) is 13.3. The Morgan fingerprint density at radius 3 is 2.42 bits per heavy atom. The van der Waals surface area contributed by atoms with E-state index in [9.17, 15) is 23.2 Å². The van der Waals surface area contributed by atoms with Crippen LogP contribution in [0.25, 0.3) is 0 Å². The molecule has 0 aliphatic heterocycles. The van der Waals surface area contributed by atoms with Crippen molar-refractivity contribution in [1.29, 1.82) is 0 Å². The fourth-order valence-corrected chi connectivity index (χ4v) is 2.47. The molecule has 0 aliphatic rings. The van der Waals surface area contributed by atoms with Crippen molar-refractivity contribution in [3.05, 3.63) is 57.9 Å².